The zero-order chi connectivity index (χ0) is 23.4. The van der Waals surface area contributed by atoms with Gasteiger partial charge in [-0.25, -0.2) is 4.98 Å². The zero-order valence-corrected chi connectivity index (χ0v) is 18.8. The largest absolute Gasteiger partial charge is 0.507 e. The Kier molecular flexibility index (Phi) is 6.74. The highest BCUT2D eigenvalue weighted by atomic mass is 35.5. The number of aliphatic hydroxyl groups is 1. The number of aliphatic hydroxyl groups excluding tert-OH is 1. The van der Waals surface area contributed by atoms with Crippen LogP contribution >= 0.6 is 11.6 Å². The molecule has 0 radical (unpaired) electrons. The Balaban J connectivity index is 1.71. The SMILES string of the molecule is CCOc1ccc(C(O)=C2C(=O)C(=O)N(CCCn3ccnc3)C2c2cccnc2)cc1Cl. The molecule has 1 saturated heterocycles. The van der Waals surface area contributed by atoms with E-state index >= 15 is 0 Å². The van der Waals surface area contributed by atoms with Gasteiger partial charge in [0.05, 0.1) is 29.6 Å². The van der Waals surface area contributed by atoms with E-state index < -0.39 is 17.7 Å². The van der Waals surface area contributed by atoms with Crippen molar-refractivity contribution < 1.29 is 19.4 Å². The van der Waals surface area contributed by atoms with Gasteiger partial charge in [-0.05, 0) is 43.2 Å². The Morgan fingerprint density at radius 1 is 1.18 bits per heavy atom. The van der Waals surface area contributed by atoms with Crippen LogP contribution in [0.5, 0.6) is 5.75 Å². The highest BCUT2D eigenvalue weighted by Gasteiger charge is 2.45. The van der Waals surface area contributed by atoms with Gasteiger partial charge in [0, 0.05) is 43.4 Å². The molecule has 0 saturated carbocycles. The maximum atomic E-state index is 13.1. The molecular formula is C24H23ClN4O4. The van der Waals surface area contributed by atoms with Crippen molar-refractivity contribution in [2.45, 2.75) is 25.9 Å². The number of aromatic nitrogens is 3. The summed E-state index contributed by atoms with van der Waals surface area (Å²) in [5.74, 6) is -1.22. The number of imidazole rings is 1. The minimum Gasteiger partial charge on any atom is -0.507 e. The molecule has 0 bridgehead atoms. The summed E-state index contributed by atoms with van der Waals surface area (Å²) in [6, 6.07) is 7.51. The number of ether oxygens (including phenoxy) is 1. The lowest BCUT2D eigenvalue weighted by atomic mass is 9.96. The number of Topliss-reactive ketones (excluding diaryl/α,β-unsaturated/α-hetero) is 1. The minimum atomic E-state index is -0.758. The Morgan fingerprint density at radius 3 is 2.70 bits per heavy atom. The number of likely N-dealkylation sites (tertiary alicyclic amines) is 1. The van der Waals surface area contributed by atoms with Gasteiger partial charge in [-0.1, -0.05) is 17.7 Å². The summed E-state index contributed by atoms with van der Waals surface area (Å²) in [4.78, 5) is 35.7. The summed E-state index contributed by atoms with van der Waals surface area (Å²) in [5, 5.41) is 11.4. The second kappa shape index (κ2) is 9.87. The molecule has 2 aromatic heterocycles. The van der Waals surface area contributed by atoms with Gasteiger partial charge in [0.25, 0.3) is 11.7 Å². The Morgan fingerprint density at radius 2 is 2.03 bits per heavy atom. The average Bonchev–Trinajstić information content (AvgIpc) is 3.43. The number of hydrogen-bond donors (Lipinski definition) is 1. The first-order valence-corrected chi connectivity index (χ1v) is 11.0. The van der Waals surface area contributed by atoms with Gasteiger partial charge in [0.1, 0.15) is 11.5 Å². The van der Waals surface area contributed by atoms with Gasteiger partial charge in [-0.2, -0.15) is 0 Å². The van der Waals surface area contributed by atoms with E-state index in [-0.39, 0.29) is 11.3 Å². The molecule has 9 heteroatoms. The summed E-state index contributed by atoms with van der Waals surface area (Å²) in [5.41, 5.74) is 0.975. The molecule has 3 aromatic rings. The van der Waals surface area contributed by atoms with Gasteiger partial charge in [0.2, 0.25) is 0 Å². The molecule has 1 atom stereocenters. The fourth-order valence-electron chi connectivity index (χ4n) is 3.91. The molecule has 1 N–H and O–H groups in total. The van der Waals surface area contributed by atoms with Gasteiger partial charge in [-0.15, -0.1) is 0 Å². The summed E-state index contributed by atoms with van der Waals surface area (Å²) >= 11 is 6.29. The van der Waals surface area contributed by atoms with E-state index in [1.807, 2.05) is 17.7 Å². The number of aryl methyl sites for hydroxylation is 1. The third-order valence-corrected chi connectivity index (χ3v) is 5.72. The van der Waals surface area contributed by atoms with Crippen molar-refractivity contribution in [3.63, 3.8) is 0 Å². The highest BCUT2D eigenvalue weighted by molar-refractivity contribution is 6.46. The summed E-state index contributed by atoms with van der Waals surface area (Å²) < 4.78 is 7.34. The summed E-state index contributed by atoms with van der Waals surface area (Å²) in [6.45, 7) is 3.24. The van der Waals surface area contributed by atoms with Crippen LogP contribution < -0.4 is 4.74 Å². The van der Waals surface area contributed by atoms with E-state index in [2.05, 4.69) is 9.97 Å². The van der Waals surface area contributed by atoms with Crippen molar-refractivity contribution in [2.24, 2.45) is 0 Å². The molecule has 4 rings (SSSR count). The molecule has 33 heavy (non-hydrogen) atoms. The smallest absolute Gasteiger partial charge is 0.295 e. The maximum Gasteiger partial charge on any atom is 0.295 e. The molecule has 1 fully saturated rings. The minimum absolute atomic E-state index is 0.0101. The Bertz CT molecular complexity index is 1180. The van der Waals surface area contributed by atoms with Crippen LogP contribution in [0, 0.1) is 0 Å². The standard InChI is InChI=1S/C24H23ClN4O4/c1-2-33-19-7-6-16(13-18(19)25)22(30)20-21(17-5-3-8-26-14-17)29(24(32)23(20)31)11-4-10-28-12-9-27-15-28/h3,5-9,12-15,21,30H,2,4,10-11H2,1H3. The van der Waals surface area contributed by atoms with Gasteiger partial charge < -0.3 is 19.3 Å². The second-order valence-electron chi connectivity index (χ2n) is 7.51. The first-order chi connectivity index (χ1) is 16.0. The number of rotatable bonds is 8. The second-order valence-corrected chi connectivity index (χ2v) is 7.92. The molecule has 1 aliphatic heterocycles. The van der Waals surface area contributed by atoms with Crippen molar-refractivity contribution in [1.82, 2.24) is 19.4 Å². The van der Waals surface area contributed by atoms with Crippen LogP contribution in [0.3, 0.4) is 0 Å². The number of benzene rings is 1. The lowest BCUT2D eigenvalue weighted by molar-refractivity contribution is -0.139. The lowest BCUT2D eigenvalue weighted by Crippen LogP contribution is -2.31. The number of ketones is 1. The van der Waals surface area contributed by atoms with E-state index in [0.29, 0.717) is 48.0 Å². The van der Waals surface area contributed by atoms with Crippen LogP contribution in [0.4, 0.5) is 0 Å². The van der Waals surface area contributed by atoms with Crippen LogP contribution in [0.1, 0.15) is 30.5 Å². The molecule has 8 nitrogen and oxygen atoms in total. The molecule has 1 aliphatic rings. The molecule has 1 unspecified atom stereocenters. The average molecular weight is 467 g/mol. The van der Waals surface area contributed by atoms with E-state index in [0.717, 1.165) is 0 Å². The zero-order valence-electron chi connectivity index (χ0n) is 18.0. The number of halogens is 1. The number of pyridine rings is 1. The van der Waals surface area contributed by atoms with Crippen molar-refractivity contribution in [1.29, 1.82) is 0 Å². The fourth-order valence-corrected chi connectivity index (χ4v) is 4.15. The normalized spacial score (nSPS) is 17.5. The Labute approximate surface area is 196 Å². The van der Waals surface area contributed by atoms with Crippen molar-refractivity contribution >= 4 is 29.1 Å². The van der Waals surface area contributed by atoms with Gasteiger partial charge in [-0.3, -0.25) is 14.6 Å². The molecule has 3 heterocycles. The monoisotopic (exact) mass is 466 g/mol. The molecular weight excluding hydrogens is 444 g/mol. The summed E-state index contributed by atoms with van der Waals surface area (Å²) in [7, 11) is 0. The van der Waals surface area contributed by atoms with Crippen LogP contribution in [0.25, 0.3) is 5.76 Å². The van der Waals surface area contributed by atoms with E-state index in [1.54, 1.807) is 49.2 Å². The first-order valence-electron chi connectivity index (χ1n) is 10.6. The van der Waals surface area contributed by atoms with E-state index in [1.165, 1.54) is 11.0 Å². The third-order valence-electron chi connectivity index (χ3n) is 5.42. The number of carbonyl (C=O) groups excluding carboxylic acids is 2. The number of amides is 1. The first kappa shape index (κ1) is 22.5. The molecule has 0 aliphatic carbocycles. The topological polar surface area (TPSA) is 97.6 Å². The van der Waals surface area contributed by atoms with E-state index in [4.69, 9.17) is 16.3 Å². The van der Waals surface area contributed by atoms with Crippen molar-refractivity contribution in [3.05, 3.63) is 83.2 Å². The van der Waals surface area contributed by atoms with Gasteiger partial charge in [0.15, 0.2) is 0 Å². The molecule has 1 amide bonds. The highest BCUT2D eigenvalue weighted by Crippen LogP contribution is 2.40. The van der Waals surface area contributed by atoms with Crippen LogP contribution in [-0.2, 0) is 16.1 Å². The quantitative estimate of drug-likeness (QED) is 0.308. The van der Waals surface area contributed by atoms with Crippen molar-refractivity contribution in [3.8, 4) is 5.75 Å². The number of hydrogen-bond acceptors (Lipinski definition) is 6. The third kappa shape index (κ3) is 4.61. The molecule has 0 spiro atoms. The van der Waals surface area contributed by atoms with Crippen LogP contribution in [0.15, 0.2) is 67.0 Å². The predicted octanol–water partition coefficient (Wildman–Crippen LogP) is 3.84. The maximum absolute atomic E-state index is 13.1. The Hall–Kier alpha value is -3.65. The van der Waals surface area contributed by atoms with Crippen molar-refractivity contribution in [2.75, 3.05) is 13.2 Å². The fraction of sp³-hybridized carbons (Fsp3) is 0.250. The molecule has 1 aromatic carbocycles. The molecule has 170 valence electrons. The number of nitrogens with zero attached hydrogens (tertiary/aromatic N) is 4. The van der Waals surface area contributed by atoms with E-state index in [9.17, 15) is 14.7 Å². The lowest BCUT2D eigenvalue weighted by Gasteiger charge is -2.25. The van der Waals surface area contributed by atoms with Crippen LogP contribution in [0.2, 0.25) is 5.02 Å². The summed E-state index contributed by atoms with van der Waals surface area (Å²) in [6.07, 6.45) is 9.03. The number of carbonyl (C=O) groups is 2. The van der Waals surface area contributed by atoms with Crippen LogP contribution in [-0.4, -0.2) is 49.4 Å². The van der Waals surface area contributed by atoms with Gasteiger partial charge >= 0.3 is 0 Å². The predicted molar refractivity (Wildman–Crippen MR) is 123 cm³/mol.